The molecule has 1 aliphatic rings. The van der Waals surface area contributed by atoms with Crippen LogP contribution in [0.25, 0.3) is 0 Å². The van der Waals surface area contributed by atoms with Crippen LogP contribution in [-0.4, -0.2) is 57.4 Å². The van der Waals surface area contributed by atoms with Crippen molar-refractivity contribution >= 4 is 0 Å². The monoisotopic (exact) mass is 346 g/mol. The smallest absolute Gasteiger partial charge is 0.416 e. The Balaban J connectivity index is 1.50. The molecule has 136 valence electrons. The zero-order chi connectivity index (χ0) is 17.3. The average Bonchev–Trinajstić information content (AvgIpc) is 2.58. The maximum absolute atomic E-state index is 12.6. The van der Waals surface area contributed by atoms with Crippen LogP contribution in [0, 0.1) is 0 Å². The van der Waals surface area contributed by atoms with Gasteiger partial charge in [0.2, 0.25) is 0 Å². The summed E-state index contributed by atoms with van der Waals surface area (Å²) < 4.78 is 48.5. The fourth-order valence-corrected chi connectivity index (χ4v) is 2.49. The molecule has 1 aromatic rings. The molecule has 0 unspecified atom stereocenters. The third kappa shape index (κ3) is 7.07. The van der Waals surface area contributed by atoms with E-state index in [9.17, 15) is 13.2 Å². The standard InChI is InChI=1S/C17H25F3N2O2/c18-17(19,20)15-4-3-5-16(14-15)24-11-2-1-6-21-7-8-22-9-12-23-13-10-22/h3-5,14,21H,1-2,6-13H2. The second-order valence-corrected chi connectivity index (χ2v) is 5.79. The second-order valence-electron chi connectivity index (χ2n) is 5.79. The molecule has 0 aromatic heterocycles. The molecule has 0 amide bonds. The Bertz CT molecular complexity index is 477. The molecule has 1 aliphatic heterocycles. The van der Waals surface area contributed by atoms with Gasteiger partial charge < -0.3 is 14.8 Å². The van der Waals surface area contributed by atoms with Crippen LogP contribution in [0.3, 0.4) is 0 Å². The van der Waals surface area contributed by atoms with Crippen molar-refractivity contribution in [3.63, 3.8) is 0 Å². The van der Waals surface area contributed by atoms with Crippen molar-refractivity contribution in [2.45, 2.75) is 19.0 Å². The Labute approximate surface area is 140 Å². The molecular formula is C17H25F3N2O2. The van der Waals surface area contributed by atoms with Crippen molar-refractivity contribution in [2.75, 3.05) is 52.5 Å². The lowest BCUT2D eigenvalue weighted by Gasteiger charge is -2.26. The fraction of sp³-hybridized carbons (Fsp3) is 0.647. The molecule has 2 rings (SSSR count). The van der Waals surface area contributed by atoms with Crippen molar-refractivity contribution in [1.29, 1.82) is 0 Å². The highest BCUT2D eigenvalue weighted by atomic mass is 19.4. The van der Waals surface area contributed by atoms with E-state index >= 15 is 0 Å². The number of halogens is 3. The van der Waals surface area contributed by atoms with Gasteiger partial charge in [-0.2, -0.15) is 13.2 Å². The summed E-state index contributed by atoms with van der Waals surface area (Å²) in [6.07, 6.45) is -2.59. The van der Waals surface area contributed by atoms with E-state index in [0.717, 1.165) is 70.9 Å². The average molecular weight is 346 g/mol. The van der Waals surface area contributed by atoms with Gasteiger partial charge in [-0.25, -0.2) is 0 Å². The molecule has 0 atom stereocenters. The van der Waals surface area contributed by atoms with Crippen LogP contribution in [0.2, 0.25) is 0 Å². The van der Waals surface area contributed by atoms with Crippen molar-refractivity contribution in [2.24, 2.45) is 0 Å². The number of rotatable bonds is 9. The van der Waals surface area contributed by atoms with Crippen molar-refractivity contribution in [1.82, 2.24) is 10.2 Å². The first-order chi connectivity index (χ1) is 11.6. The van der Waals surface area contributed by atoms with E-state index in [1.807, 2.05) is 0 Å². The van der Waals surface area contributed by atoms with E-state index in [1.54, 1.807) is 6.07 Å². The minimum atomic E-state index is -4.33. The fourth-order valence-electron chi connectivity index (χ4n) is 2.49. The summed E-state index contributed by atoms with van der Waals surface area (Å²) >= 11 is 0. The lowest BCUT2D eigenvalue weighted by atomic mass is 10.2. The predicted molar refractivity (Wildman–Crippen MR) is 86.3 cm³/mol. The summed E-state index contributed by atoms with van der Waals surface area (Å²) in [6.45, 7) is 6.88. The van der Waals surface area contributed by atoms with Crippen molar-refractivity contribution in [3.05, 3.63) is 29.8 Å². The van der Waals surface area contributed by atoms with E-state index in [1.165, 1.54) is 6.07 Å². The summed E-state index contributed by atoms with van der Waals surface area (Å²) in [5.74, 6) is 0.269. The molecule has 1 heterocycles. The lowest BCUT2D eigenvalue weighted by molar-refractivity contribution is -0.137. The van der Waals surface area contributed by atoms with Gasteiger partial charge in [0.1, 0.15) is 5.75 Å². The van der Waals surface area contributed by atoms with Crippen LogP contribution in [0.1, 0.15) is 18.4 Å². The van der Waals surface area contributed by atoms with Crippen molar-refractivity contribution < 1.29 is 22.6 Å². The van der Waals surface area contributed by atoms with Crippen LogP contribution in [0.4, 0.5) is 13.2 Å². The zero-order valence-corrected chi connectivity index (χ0v) is 13.8. The van der Waals surface area contributed by atoms with Crippen LogP contribution >= 0.6 is 0 Å². The van der Waals surface area contributed by atoms with Gasteiger partial charge in [-0.05, 0) is 37.6 Å². The molecule has 0 saturated carbocycles. The Kier molecular flexibility index (Phi) is 7.81. The molecule has 24 heavy (non-hydrogen) atoms. The highest BCUT2D eigenvalue weighted by molar-refractivity contribution is 5.30. The predicted octanol–water partition coefficient (Wildman–Crippen LogP) is 2.79. The van der Waals surface area contributed by atoms with Crippen LogP contribution in [0.15, 0.2) is 24.3 Å². The Hall–Kier alpha value is -1.31. The highest BCUT2D eigenvalue weighted by Crippen LogP contribution is 2.31. The molecule has 0 bridgehead atoms. The summed E-state index contributed by atoms with van der Waals surface area (Å²) in [4.78, 5) is 2.37. The quantitative estimate of drug-likeness (QED) is 0.697. The number of nitrogens with zero attached hydrogens (tertiary/aromatic N) is 1. The SMILES string of the molecule is FC(F)(F)c1cccc(OCCCCNCCN2CCOCC2)c1. The number of benzene rings is 1. The van der Waals surface area contributed by atoms with E-state index in [4.69, 9.17) is 9.47 Å². The second kappa shape index (κ2) is 9.86. The van der Waals surface area contributed by atoms with Gasteiger partial charge in [0.05, 0.1) is 25.4 Å². The van der Waals surface area contributed by atoms with Gasteiger partial charge in [-0.1, -0.05) is 6.07 Å². The number of ether oxygens (including phenoxy) is 2. The van der Waals surface area contributed by atoms with E-state index in [2.05, 4.69) is 10.2 Å². The lowest BCUT2D eigenvalue weighted by Crippen LogP contribution is -2.40. The zero-order valence-electron chi connectivity index (χ0n) is 13.8. The summed E-state index contributed by atoms with van der Waals surface area (Å²) in [5.41, 5.74) is -0.676. The molecule has 1 saturated heterocycles. The van der Waals surface area contributed by atoms with Gasteiger partial charge in [0.15, 0.2) is 0 Å². The van der Waals surface area contributed by atoms with Gasteiger partial charge in [-0.3, -0.25) is 4.90 Å². The van der Waals surface area contributed by atoms with Gasteiger partial charge >= 0.3 is 6.18 Å². The Morgan fingerprint density at radius 2 is 1.92 bits per heavy atom. The summed E-state index contributed by atoms with van der Waals surface area (Å²) in [5, 5.41) is 3.37. The maximum Gasteiger partial charge on any atom is 0.416 e. The van der Waals surface area contributed by atoms with Gasteiger partial charge in [0.25, 0.3) is 0 Å². The first-order valence-electron chi connectivity index (χ1n) is 8.36. The van der Waals surface area contributed by atoms with Gasteiger partial charge in [0, 0.05) is 26.2 Å². The summed E-state index contributed by atoms with van der Waals surface area (Å²) in [7, 11) is 0. The van der Waals surface area contributed by atoms with Crippen LogP contribution < -0.4 is 10.1 Å². The number of nitrogens with one attached hydrogen (secondary N) is 1. The Morgan fingerprint density at radius 1 is 1.12 bits per heavy atom. The number of alkyl halides is 3. The van der Waals surface area contributed by atoms with Crippen LogP contribution in [0.5, 0.6) is 5.75 Å². The number of hydrogen-bond donors (Lipinski definition) is 1. The molecule has 0 spiro atoms. The third-order valence-electron chi connectivity index (χ3n) is 3.89. The van der Waals surface area contributed by atoms with E-state index in [0.29, 0.717) is 6.61 Å². The highest BCUT2D eigenvalue weighted by Gasteiger charge is 2.30. The van der Waals surface area contributed by atoms with Crippen LogP contribution in [-0.2, 0) is 10.9 Å². The molecule has 4 nitrogen and oxygen atoms in total. The largest absolute Gasteiger partial charge is 0.494 e. The molecule has 1 aromatic carbocycles. The van der Waals surface area contributed by atoms with Crippen molar-refractivity contribution in [3.8, 4) is 5.75 Å². The topological polar surface area (TPSA) is 33.7 Å². The molecule has 0 radical (unpaired) electrons. The molecule has 1 fully saturated rings. The molecule has 1 N–H and O–H groups in total. The number of unbranched alkanes of at least 4 members (excludes halogenated alkanes) is 1. The molecule has 7 heteroatoms. The number of hydrogen-bond acceptors (Lipinski definition) is 4. The Morgan fingerprint density at radius 3 is 2.67 bits per heavy atom. The van der Waals surface area contributed by atoms with Gasteiger partial charge in [-0.15, -0.1) is 0 Å². The molecule has 0 aliphatic carbocycles. The maximum atomic E-state index is 12.6. The van der Waals surface area contributed by atoms with E-state index < -0.39 is 11.7 Å². The minimum Gasteiger partial charge on any atom is -0.494 e. The first-order valence-corrected chi connectivity index (χ1v) is 8.36. The normalized spacial score (nSPS) is 16.3. The number of morpholine rings is 1. The molecular weight excluding hydrogens is 321 g/mol. The first kappa shape index (κ1) is 19.0. The third-order valence-corrected chi connectivity index (χ3v) is 3.89. The minimum absolute atomic E-state index is 0.269. The van der Waals surface area contributed by atoms with E-state index in [-0.39, 0.29) is 5.75 Å². The summed E-state index contributed by atoms with van der Waals surface area (Å²) in [6, 6.07) is 5.01.